The highest BCUT2D eigenvalue weighted by Gasteiger charge is 2.35. The van der Waals surface area contributed by atoms with Crippen LogP contribution >= 0.6 is 0 Å². The summed E-state index contributed by atoms with van der Waals surface area (Å²) in [4.78, 5) is 67.1. The largest absolute Gasteiger partial charge is 0.445 e. The second kappa shape index (κ2) is 21.3. The molecule has 0 fully saturated rings. The van der Waals surface area contributed by atoms with Crippen LogP contribution in [0.5, 0.6) is 0 Å². The summed E-state index contributed by atoms with van der Waals surface area (Å²) in [6.07, 6.45) is -2.47. The van der Waals surface area contributed by atoms with Gasteiger partial charge in [-0.2, -0.15) is 0 Å². The Labute approximate surface area is 312 Å². The standard InChI is InChI=1S/C41H55N5O7/c1-26(2)24-42-38(49)34(27(3)4)45-37(48)33(23-30-18-12-8-13-19-30)44-40(51)36(47)32(22-29-16-10-7-11-17-29)43-39(50)35(28(5)6)46-41(52)53-25-31-20-14-9-15-21-31/h7-21,26-28,32-36,47H,22-25H2,1-6H3,(H,42,49)(H,43,50)(H,44,51)(H,45,48)(H,46,52)/t32-,33-,34-,35-,36+/m0/s1. The smallest absolute Gasteiger partial charge is 0.408 e. The van der Waals surface area contributed by atoms with Gasteiger partial charge in [0, 0.05) is 13.0 Å². The molecule has 0 bridgehead atoms. The minimum Gasteiger partial charge on any atom is -0.445 e. The van der Waals surface area contributed by atoms with Gasteiger partial charge >= 0.3 is 6.09 Å². The first-order valence-corrected chi connectivity index (χ1v) is 18.2. The molecular weight excluding hydrogens is 674 g/mol. The quantitative estimate of drug-likeness (QED) is 0.109. The molecule has 5 atom stereocenters. The Kier molecular flexibility index (Phi) is 17.0. The van der Waals surface area contributed by atoms with Crippen molar-refractivity contribution >= 4 is 29.7 Å². The van der Waals surface area contributed by atoms with Gasteiger partial charge in [-0.15, -0.1) is 0 Å². The number of amides is 5. The van der Waals surface area contributed by atoms with Gasteiger partial charge in [0.2, 0.25) is 17.7 Å². The summed E-state index contributed by atoms with van der Waals surface area (Å²) in [7, 11) is 0. The predicted molar refractivity (Wildman–Crippen MR) is 203 cm³/mol. The van der Waals surface area contributed by atoms with Crippen LogP contribution in [-0.2, 0) is 43.4 Å². The summed E-state index contributed by atoms with van der Waals surface area (Å²) in [6.45, 7) is 11.5. The highest BCUT2D eigenvalue weighted by Crippen LogP contribution is 2.12. The van der Waals surface area contributed by atoms with Crippen molar-refractivity contribution in [1.82, 2.24) is 26.6 Å². The van der Waals surface area contributed by atoms with E-state index in [1.54, 1.807) is 62.4 Å². The van der Waals surface area contributed by atoms with Crippen LogP contribution in [0.1, 0.15) is 58.2 Å². The molecule has 0 aliphatic rings. The molecule has 0 aliphatic heterocycles. The third kappa shape index (κ3) is 14.4. The van der Waals surface area contributed by atoms with Gasteiger partial charge < -0.3 is 36.4 Å². The summed E-state index contributed by atoms with van der Waals surface area (Å²) < 4.78 is 5.33. The van der Waals surface area contributed by atoms with Crippen molar-refractivity contribution in [3.63, 3.8) is 0 Å². The third-order valence-electron chi connectivity index (χ3n) is 8.56. The predicted octanol–water partition coefficient (Wildman–Crippen LogP) is 3.67. The van der Waals surface area contributed by atoms with E-state index in [-0.39, 0.29) is 43.1 Å². The number of rotatable bonds is 19. The number of hydrogen-bond acceptors (Lipinski definition) is 7. The fraction of sp³-hybridized carbons (Fsp3) is 0.439. The van der Waals surface area contributed by atoms with Gasteiger partial charge in [0.05, 0.1) is 6.04 Å². The highest BCUT2D eigenvalue weighted by atomic mass is 16.5. The van der Waals surface area contributed by atoms with Crippen molar-refractivity contribution in [2.75, 3.05) is 6.54 Å². The molecule has 0 aliphatic carbocycles. The van der Waals surface area contributed by atoms with E-state index in [1.165, 1.54) is 0 Å². The first-order valence-electron chi connectivity index (χ1n) is 18.2. The van der Waals surface area contributed by atoms with Crippen LogP contribution in [0.15, 0.2) is 91.0 Å². The normalized spacial score (nSPS) is 14.0. The summed E-state index contributed by atoms with van der Waals surface area (Å²) in [6, 6.07) is 22.9. The molecule has 0 heterocycles. The van der Waals surface area contributed by atoms with Gasteiger partial charge in [-0.3, -0.25) is 19.2 Å². The fourth-order valence-corrected chi connectivity index (χ4v) is 5.51. The SMILES string of the molecule is CC(C)CNC(=O)[C@@H](NC(=O)[C@H](Cc1ccccc1)NC(=O)[C@H](O)[C@H](Cc1ccccc1)NC(=O)[C@@H](NC(=O)OCc1ccccc1)C(C)C)C(C)C. The summed E-state index contributed by atoms with van der Waals surface area (Å²) in [5, 5.41) is 25.3. The van der Waals surface area contributed by atoms with Crippen LogP contribution < -0.4 is 26.6 Å². The number of nitrogens with one attached hydrogen (secondary N) is 5. The van der Waals surface area contributed by atoms with Crippen LogP contribution in [0, 0.1) is 17.8 Å². The molecule has 286 valence electrons. The Bertz CT molecular complexity index is 1600. The Morgan fingerprint density at radius 2 is 1.06 bits per heavy atom. The molecule has 3 rings (SSSR count). The number of alkyl carbamates (subject to hydrolysis) is 1. The van der Waals surface area contributed by atoms with Crippen LogP contribution in [-0.4, -0.2) is 71.6 Å². The zero-order chi connectivity index (χ0) is 38.9. The number of hydrogen-bond donors (Lipinski definition) is 6. The van der Waals surface area contributed by atoms with Gasteiger partial charge in [0.1, 0.15) is 24.7 Å². The fourth-order valence-electron chi connectivity index (χ4n) is 5.51. The highest BCUT2D eigenvalue weighted by molar-refractivity contribution is 5.93. The van der Waals surface area contributed by atoms with E-state index in [9.17, 15) is 29.1 Å². The van der Waals surface area contributed by atoms with E-state index < -0.39 is 54.1 Å². The maximum absolute atomic E-state index is 13.8. The van der Waals surface area contributed by atoms with Gasteiger partial charge in [-0.1, -0.05) is 133 Å². The second-order valence-corrected chi connectivity index (χ2v) is 14.3. The first-order chi connectivity index (χ1) is 25.2. The molecule has 0 saturated heterocycles. The maximum atomic E-state index is 13.8. The van der Waals surface area contributed by atoms with E-state index in [0.717, 1.165) is 16.7 Å². The van der Waals surface area contributed by atoms with Crippen molar-refractivity contribution < 1.29 is 33.8 Å². The Morgan fingerprint density at radius 1 is 0.566 bits per heavy atom. The van der Waals surface area contributed by atoms with Crippen LogP contribution in [0.4, 0.5) is 4.79 Å². The Hall–Kier alpha value is -5.23. The van der Waals surface area contributed by atoms with Gasteiger partial charge in [0.25, 0.3) is 5.91 Å². The molecule has 0 saturated carbocycles. The number of carbonyl (C=O) groups excluding carboxylic acids is 5. The number of carbonyl (C=O) groups is 5. The minimum absolute atomic E-state index is 0.00683. The van der Waals surface area contributed by atoms with Crippen molar-refractivity contribution in [1.29, 1.82) is 0 Å². The zero-order valence-corrected chi connectivity index (χ0v) is 31.5. The summed E-state index contributed by atoms with van der Waals surface area (Å²) in [5.74, 6) is -2.90. The maximum Gasteiger partial charge on any atom is 0.408 e. The van der Waals surface area contributed by atoms with E-state index in [1.807, 2.05) is 70.2 Å². The minimum atomic E-state index is -1.81. The molecule has 3 aromatic rings. The van der Waals surface area contributed by atoms with Crippen LogP contribution in [0.3, 0.4) is 0 Å². The Morgan fingerprint density at radius 3 is 1.57 bits per heavy atom. The molecule has 6 N–H and O–H groups in total. The molecule has 0 unspecified atom stereocenters. The second-order valence-electron chi connectivity index (χ2n) is 14.3. The van der Waals surface area contributed by atoms with E-state index in [0.29, 0.717) is 6.54 Å². The summed E-state index contributed by atoms with van der Waals surface area (Å²) in [5.41, 5.74) is 2.25. The van der Waals surface area contributed by atoms with Crippen molar-refractivity contribution in [2.24, 2.45) is 17.8 Å². The summed E-state index contributed by atoms with van der Waals surface area (Å²) >= 11 is 0. The lowest BCUT2D eigenvalue weighted by atomic mass is 9.97. The first kappa shape index (κ1) is 42.2. The molecule has 0 spiro atoms. The number of aliphatic hydroxyl groups is 1. The van der Waals surface area contributed by atoms with Crippen molar-refractivity contribution in [2.45, 2.75) is 91.3 Å². The lowest BCUT2D eigenvalue weighted by Gasteiger charge is -2.29. The molecule has 12 nitrogen and oxygen atoms in total. The molecule has 5 amide bonds. The lowest BCUT2D eigenvalue weighted by molar-refractivity contribution is -0.137. The molecule has 3 aromatic carbocycles. The van der Waals surface area contributed by atoms with Gasteiger partial charge in [-0.05, 0) is 40.9 Å². The van der Waals surface area contributed by atoms with Crippen molar-refractivity contribution in [3.05, 3.63) is 108 Å². The number of benzene rings is 3. The van der Waals surface area contributed by atoms with E-state index in [2.05, 4.69) is 26.6 Å². The van der Waals surface area contributed by atoms with E-state index in [4.69, 9.17) is 4.74 Å². The lowest BCUT2D eigenvalue weighted by Crippen LogP contribution is -2.60. The van der Waals surface area contributed by atoms with Crippen molar-refractivity contribution in [3.8, 4) is 0 Å². The molecular formula is C41H55N5O7. The molecule has 0 aromatic heterocycles. The van der Waals surface area contributed by atoms with E-state index >= 15 is 0 Å². The van der Waals surface area contributed by atoms with Gasteiger partial charge in [0.15, 0.2) is 6.10 Å². The molecule has 53 heavy (non-hydrogen) atoms. The van der Waals surface area contributed by atoms with Crippen LogP contribution in [0.2, 0.25) is 0 Å². The number of aliphatic hydroxyl groups excluding tert-OH is 1. The monoisotopic (exact) mass is 729 g/mol. The molecule has 0 radical (unpaired) electrons. The topological polar surface area (TPSA) is 175 Å². The molecule has 12 heteroatoms. The zero-order valence-electron chi connectivity index (χ0n) is 31.5. The third-order valence-corrected chi connectivity index (χ3v) is 8.56. The average Bonchev–Trinajstić information content (AvgIpc) is 3.14. The average molecular weight is 730 g/mol. The van der Waals surface area contributed by atoms with Gasteiger partial charge in [-0.25, -0.2) is 4.79 Å². The van der Waals surface area contributed by atoms with Crippen LogP contribution in [0.25, 0.3) is 0 Å². The Balaban J connectivity index is 1.81. The number of ether oxygens (including phenoxy) is 1.